The number of Topliss-reactive ketones (excluding diaryl/α,β-unsaturated/α-hetero) is 1. The zero-order valence-electron chi connectivity index (χ0n) is 15.0. The van der Waals surface area contributed by atoms with Crippen LogP contribution in [0.25, 0.3) is 0 Å². The van der Waals surface area contributed by atoms with E-state index in [0.29, 0.717) is 17.7 Å². The molecule has 140 valence electrons. The number of para-hydroxylation sites is 1. The van der Waals surface area contributed by atoms with Gasteiger partial charge in [-0.15, -0.1) is 11.3 Å². The molecular formula is C20H20N2O4S. The molecule has 1 spiro atoms. The largest absolute Gasteiger partial charge is 0.491 e. The van der Waals surface area contributed by atoms with Gasteiger partial charge in [0.2, 0.25) is 0 Å². The average molecular weight is 384 g/mol. The predicted molar refractivity (Wildman–Crippen MR) is 101 cm³/mol. The quantitative estimate of drug-likeness (QED) is 0.635. The highest BCUT2D eigenvalue weighted by Crippen LogP contribution is 2.42. The first-order valence-corrected chi connectivity index (χ1v) is 9.84. The fourth-order valence-electron chi connectivity index (χ4n) is 3.87. The summed E-state index contributed by atoms with van der Waals surface area (Å²) in [5.41, 5.74) is 0.492. The summed E-state index contributed by atoms with van der Waals surface area (Å²) in [7, 11) is 0. The minimum Gasteiger partial charge on any atom is -0.491 e. The maximum Gasteiger partial charge on any atom is 0.325 e. The van der Waals surface area contributed by atoms with Crippen LogP contribution in [0.2, 0.25) is 0 Å². The molecule has 1 N–H and O–H groups in total. The number of ether oxygens (including phenoxy) is 1. The van der Waals surface area contributed by atoms with E-state index in [2.05, 4.69) is 5.32 Å². The maximum absolute atomic E-state index is 13.1. The van der Waals surface area contributed by atoms with E-state index in [9.17, 15) is 14.4 Å². The Labute approximate surface area is 161 Å². The summed E-state index contributed by atoms with van der Waals surface area (Å²) in [5, 5.41) is 4.90. The highest BCUT2D eigenvalue weighted by Gasteiger charge is 2.54. The van der Waals surface area contributed by atoms with Crippen molar-refractivity contribution >= 4 is 29.1 Å². The van der Waals surface area contributed by atoms with Gasteiger partial charge in [0.15, 0.2) is 5.78 Å². The van der Waals surface area contributed by atoms with Gasteiger partial charge in [-0.2, -0.15) is 0 Å². The Morgan fingerprint density at radius 3 is 2.93 bits per heavy atom. The lowest BCUT2D eigenvalue weighted by atomic mass is 9.80. The number of urea groups is 1. The van der Waals surface area contributed by atoms with Crippen LogP contribution in [0.3, 0.4) is 0 Å². The number of ketones is 1. The van der Waals surface area contributed by atoms with Gasteiger partial charge in [0.1, 0.15) is 17.9 Å². The highest BCUT2D eigenvalue weighted by molar-refractivity contribution is 7.10. The van der Waals surface area contributed by atoms with Crippen LogP contribution in [0, 0.1) is 0 Å². The molecule has 0 saturated carbocycles. The van der Waals surface area contributed by atoms with Gasteiger partial charge in [-0.1, -0.05) is 12.1 Å². The van der Waals surface area contributed by atoms with Crippen molar-refractivity contribution < 1.29 is 19.1 Å². The van der Waals surface area contributed by atoms with E-state index in [1.165, 1.54) is 16.7 Å². The smallest absolute Gasteiger partial charge is 0.325 e. The van der Waals surface area contributed by atoms with E-state index in [4.69, 9.17) is 4.74 Å². The number of carbonyl (C=O) groups excluding carboxylic acids is 3. The lowest BCUT2D eigenvalue weighted by molar-refractivity contribution is -0.132. The van der Waals surface area contributed by atoms with Gasteiger partial charge in [-0.25, -0.2) is 4.79 Å². The molecule has 2 heterocycles. The lowest BCUT2D eigenvalue weighted by Crippen LogP contribution is -2.46. The maximum atomic E-state index is 13.1. The highest BCUT2D eigenvalue weighted by atomic mass is 32.1. The van der Waals surface area contributed by atoms with Gasteiger partial charge in [-0.05, 0) is 49.8 Å². The van der Waals surface area contributed by atoms with E-state index in [0.717, 1.165) is 18.4 Å². The number of thiophene rings is 1. The number of fused-ring (bicyclic) bond motifs is 2. The van der Waals surface area contributed by atoms with E-state index in [1.54, 1.807) is 35.6 Å². The van der Waals surface area contributed by atoms with Gasteiger partial charge in [0.25, 0.3) is 5.91 Å². The molecule has 0 radical (unpaired) electrons. The summed E-state index contributed by atoms with van der Waals surface area (Å²) in [6.45, 7) is 1.75. The Morgan fingerprint density at radius 2 is 2.11 bits per heavy atom. The summed E-state index contributed by atoms with van der Waals surface area (Å²) >= 11 is 1.63. The molecule has 7 heteroatoms. The summed E-state index contributed by atoms with van der Waals surface area (Å²) in [5.74, 6) is 0.159. The summed E-state index contributed by atoms with van der Waals surface area (Å²) in [6.07, 6.45) is 2.44. The van der Waals surface area contributed by atoms with Crippen LogP contribution < -0.4 is 10.1 Å². The number of aryl methyl sites for hydroxylation is 1. The predicted octanol–water partition coefficient (Wildman–Crippen LogP) is 3.11. The second-order valence-corrected chi connectivity index (χ2v) is 7.80. The number of hydrogen-bond acceptors (Lipinski definition) is 5. The van der Waals surface area contributed by atoms with Crippen LogP contribution in [0.15, 0.2) is 35.7 Å². The standard InChI is InChI=1S/C20H20N2O4S/c1-13(23)14-5-2-3-6-16(14)26-11-10-22-18(24)20(21-19(22)25)9-4-7-17-15(20)8-12-27-17/h2-3,5-6,8,12H,4,7,9-11H2,1H3,(H,21,25). The molecule has 0 bridgehead atoms. The van der Waals surface area contributed by atoms with E-state index in [1.807, 2.05) is 11.4 Å². The number of rotatable bonds is 5. The summed E-state index contributed by atoms with van der Waals surface area (Å²) < 4.78 is 5.69. The van der Waals surface area contributed by atoms with Gasteiger partial charge in [0.05, 0.1) is 12.1 Å². The van der Waals surface area contributed by atoms with Crippen molar-refractivity contribution in [1.82, 2.24) is 10.2 Å². The number of hydrogen-bond donors (Lipinski definition) is 1. The molecule has 3 amide bonds. The van der Waals surface area contributed by atoms with Crippen molar-refractivity contribution in [3.63, 3.8) is 0 Å². The molecule has 2 aromatic rings. The Hall–Kier alpha value is -2.67. The fraction of sp³-hybridized carbons (Fsp3) is 0.350. The van der Waals surface area contributed by atoms with Crippen molar-refractivity contribution in [3.8, 4) is 5.75 Å². The van der Waals surface area contributed by atoms with Crippen molar-refractivity contribution in [1.29, 1.82) is 0 Å². The minimum atomic E-state index is -0.929. The second-order valence-electron chi connectivity index (χ2n) is 6.80. The van der Waals surface area contributed by atoms with Crippen molar-refractivity contribution in [2.75, 3.05) is 13.2 Å². The van der Waals surface area contributed by atoms with Gasteiger partial charge in [-0.3, -0.25) is 14.5 Å². The molecule has 1 unspecified atom stereocenters. The zero-order valence-corrected chi connectivity index (χ0v) is 15.8. The van der Waals surface area contributed by atoms with Gasteiger partial charge >= 0.3 is 6.03 Å². The van der Waals surface area contributed by atoms with Gasteiger partial charge < -0.3 is 10.1 Å². The first kappa shape index (κ1) is 17.7. The fourth-order valence-corrected chi connectivity index (χ4v) is 4.87. The summed E-state index contributed by atoms with van der Waals surface area (Å²) in [4.78, 5) is 39.7. The Bertz CT molecular complexity index is 922. The molecule has 1 aliphatic carbocycles. The average Bonchev–Trinajstić information content (AvgIpc) is 3.22. The Kier molecular flexibility index (Phi) is 4.47. The molecule has 1 aliphatic heterocycles. The summed E-state index contributed by atoms with van der Waals surface area (Å²) in [6, 6.07) is 8.52. The van der Waals surface area contributed by atoms with Crippen LogP contribution in [0.5, 0.6) is 5.75 Å². The second kappa shape index (κ2) is 6.81. The number of nitrogens with zero attached hydrogens (tertiary/aromatic N) is 1. The lowest BCUT2D eigenvalue weighted by Gasteiger charge is -2.31. The van der Waals surface area contributed by atoms with Gasteiger partial charge in [0, 0.05) is 10.4 Å². The topological polar surface area (TPSA) is 75.7 Å². The third kappa shape index (κ3) is 2.92. The molecule has 1 saturated heterocycles. The SMILES string of the molecule is CC(=O)c1ccccc1OCCN1C(=O)NC2(CCCc3sccc32)C1=O. The molecule has 4 rings (SSSR count). The molecule has 2 aliphatic rings. The van der Waals surface area contributed by atoms with E-state index >= 15 is 0 Å². The van der Waals surface area contributed by atoms with Crippen molar-refractivity contribution in [2.45, 2.75) is 31.7 Å². The number of nitrogens with one attached hydrogen (secondary N) is 1. The number of amides is 3. The normalized spacial score (nSPS) is 21.3. The van der Waals surface area contributed by atoms with Crippen LogP contribution in [0.4, 0.5) is 4.79 Å². The van der Waals surface area contributed by atoms with Crippen molar-refractivity contribution in [2.24, 2.45) is 0 Å². The zero-order chi connectivity index (χ0) is 19.0. The van der Waals surface area contributed by atoms with Crippen molar-refractivity contribution in [3.05, 3.63) is 51.7 Å². The third-order valence-electron chi connectivity index (χ3n) is 5.18. The first-order chi connectivity index (χ1) is 13.0. The minimum absolute atomic E-state index is 0.0910. The molecule has 1 atom stereocenters. The first-order valence-electron chi connectivity index (χ1n) is 8.96. The third-order valence-corrected chi connectivity index (χ3v) is 6.16. The molecule has 27 heavy (non-hydrogen) atoms. The molecular weight excluding hydrogens is 364 g/mol. The van der Waals surface area contributed by atoms with Crippen LogP contribution in [0.1, 0.15) is 40.6 Å². The molecule has 6 nitrogen and oxygen atoms in total. The molecule has 1 aromatic heterocycles. The number of carbonyl (C=O) groups is 3. The number of imide groups is 1. The van der Waals surface area contributed by atoms with E-state index < -0.39 is 5.54 Å². The monoisotopic (exact) mass is 384 g/mol. The Morgan fingerprint density at radius 1 is 1.30 bits per heavy atom. The Balaban J connectivity index is 1.48. The molecule has 1 fully saturated rings. The van der Waals surface area contributed by atoms with Crippen LogP contribution in [-0.2, 0) is 16.8 Å². The van der Waals surface area contributed by atoms with Crippen LogP contribution >= 0.6 is 11.3 Å². The number of benzene rings is 1. The van der Waals surface area contributed by atoms with Crippen LogP contribution in [-0.4, -0.2) is 35.8 Å². The molecule has 1 aromatic carbocycles. The van der Waals surface area contributed by atoms with E-state index in [-0.39, 0.29) is 30.9 Å².